The number of methoxy groups -OCH3 is 1. The summed E-state index contributed by atoms with van der Waals surface area (Å²) < 4.78 is 5.68. The van der Waals surface area contributed by atoms with Crippen molar-refractivity contribution in [3.63, 3.8) is 0 Å². The summed E-state index contributed by atoms with van der Waals surface area (Å²) in [6.07, 6.45) is 1.54. The number of carbonyl (C=O) groups excluding carboxylic acids is 1. The van der Waals surface area contributed by atoms with Crippen molar-refractivity contribution in [1.82, 2.24) is 5.32 Å². The molecule has 0 aromatic heterocycles. The molecule has 0 radical (unpaired) electrons. The molecule has 116 valence electrons. The number of quaternary nitrogens is 1. The van der Waals surface area contributed by atoms with E-state index in [0.29, 0.717) is 24.0 Å². The Labute approximate surface area is 124 Å². The minimum absolute atomic E-state index is 0.0161. The van der Waals surface area contributed by atoms with Crippen molar-refractivity contribution in [3.8, 4) is 5.75 Å². The number of amides is 1. The highest BCUT2D eigenvalue weighted by Crippen LogP contribution is 2.28. The number of hydrogen-bond donors (Lipinski definition) is 1. The van der Waals surface area contributed by atoms with Gasteiger partial charge in [-0.15, -0.1) is 0 Å². The van der Waals surface area contributed by atoms with Gasteiger partial charge in [-0.3, -0.25) is 14.9 Å². The number of carbonyl (C=O) groups is 1. The van der Waals surface area contributed by atoms with E-state index in [1.165, 1.54) is 7.11 Å². The zero-order chi connectivity index (χ0) is 15.9. The van der Waals surface area contributed by atoms with Crippen LogP contribution in [0, 0.1) is 10.1 Å². The normalized spacial score (nSPS) is 11.0. The summed E-state index contributed by atoms with van der Waals surface area (Å²) >= 11 is 0. The molecule has 0 aliphatic rings. The van der Waals surface area contributed by atoms with Crippen LogP contribution < -0.4 is 10.1 Å². The highest BCUT2D eigenvalue weighted by Gasteiger charge is 2.20. The van der Waals surface area contributed by atoms with E-state index in [1.54, 1.807) is 12.1 Å². The molecule has 0 saturated heterocycles. The van der Waals surface area contributed by atoms with E-state index in [4.69, 9.17) is 4.74 Å². The fourth-order valence-corrected chi connectivity index (χ4v) is 2.22. The number of nitrogens with one attached hydrogen (secondary N) is 1. The number of benzene rings is 1. The molecule has 0 bridgehead atoms. The summed E-state index contributed by atoms with van der Waals surface area (Å²) in [6, 6.07) is 5.03. The number of rotatable bonds is 9. The summed E-state index contributed by atoms with van der Waals surface area (Å²) in [5.41, 5.74) is 0.869. The van der Waals surface area contributed by atoms with Crippen molar-refractivity contribution in [1.29, 1.82) is 0 Å². The third-order valence-electron chi connectivity index (χ3n) is 3.22. The van der Waals surface area contributed by atoms with E-state index < -0.39 is 4.92 Å². The van der Waals surface area contributed by atoms with E-state index in [2.05, 4.69) is 19.4 Å². The summed E-state index contributed by atoms with van der Waals surface area (Å²) in [7, 11) is 5.52. The van der Waals surface area contributed by atoms with Gasteiger partial charge in [0.1, 0.15) is 6.54 Å². The van der Waals surface area contributed by atoms with Crippen LogP contribution >= 0.6 is 0 Å². The van der Waals surface area contributed by atoms with Crippen molar-refractivity contribution in [3.05, 3.63) is 33.9 Å². The molecule has 1 aromatic rings. The number of nitrogens with zero attached hydrogens (tertiary/aromatic N) is 2. The third kappa shape index (κ3) is 5.39. The topological polar surface area (TPSA) is 81.5 Å². The van der Waals surface area contributed by atoms with Crippen LogP contribution in [0.4, 0.5) is 5.69 Å². The zero-order valence-corrected chi connectivity index (χ0v) is 12.7. The maximum absolute atomic E-state index is 11.0. The first-order valence-corrected chi connectivity index (χ1v) is 6.70. The predicted molar refractivity (Wildman–Crippen MR) is 79.0 cm³/mol. The van der Waals surface area contributed by atoms with Crippen LogP contribution in [0.3, 0.4) is 0 Å². The summed E-state index contributed by atoms with van der Waals surface area (Å²) in [5.74, 6) is 0.268. The lowest BCUT2D eigenvalue weighted by Crippen LogP contribution is -2.40. The fourth-order valence-electron chi connectivity index (χ4n) is 2.22. The standard InChI is InChI=1S/C14H21N3O4/c1-17(2,8-4-7-15-11-18)10-12-5-6-14(21-3)13(9-12)16(19)20/h5-6,9,11H,4,7-8,10H2,1-3H3/p+1. The van der Waals surface area contributed by atoms with Crippen molar-refractivity contribution in [2.24, 2.45) is 0 Å². The molecule has 0 saturated carbocycles. The van der Waals surface area contributed by atoms with Crippen LogP contribution in [0.25, 0.3) is 0 Å². The highest BCUT2D eigenvalue weighted by atomic mass is 16.6. The molecule has 21 heavy (non-hydrogen) atoms. The summed E-state index contributed by atoms with van der Waals surface area (Å²) in [4.78, 5) is 20.8. The van der Waals surface area contributed by atoms with Crippen molar-refractivity contribution in [2.45, 2.75) is 13.0 Å². The van der Waals surface area contributed by atoms with Gasteiger partial charge in [0.15, 0.2) is 5.75 Å². The molecule has 7 nitrogen and oxygen atoms in total. The van der Waals surface area contributed by atoms with Crippen LogP contribution in [0.5, 0.6) is 5.75 Å². The van der Waals surface area contributed by atoms with Crippen LogP contribution in [-0.2, 0) is 11.3 Å². The molecule has 0 heterocycles. The Morgan fingerprint density at radius 2 is 2.14 bits per heavy atom. The molecule has 1 N–H and O–H groups in total. The first kappa shape index (κ1) is 16.9. The Kier molecular flexibility index (Phi) is 6.10. The van der Waals surface area contributed by atoms with Crippen LogP contribution in [0.15, 0.2) is 18.2 Å². The van der Waals surface area contributed by atoms with Gasteiger partial charge in [0.2, 0.25) is 6.41 Å². The summed E-state index contributed by atoms with van der Waals surface area (Å²) in [5, 5.41) is 13.6. The van der Waals surface area contributed by atoms with E-state index in [-0.39, 0.29) is 11.4 Å². The molecule has 0 unspecified atom stereocenters. The average Bonchev–Trinajstić information content (AvgIpc) is 2.43. The molecule has 0 atom stereocenters. The molecule has 0 fully saturated rings. The Morgan fingerprint density at radius 1 is 1.43 bits per heavy atom. The zero-order valence-electron chi connectivity index (χ0n) is 12.7. The van der Waals surface area contributed by atoms with Crippen molar-refractivity contribution >= 4 is 12.1 Å². The highest BCUT2D eigenvalue weighted by molar-refractivity contribution is 5.48. The molecule has 7 heteroatoms. The number of nitro groups is 1. The van der Waals surface area contributed by atoms with Crippen molar-refractivity contribution < 1.29 is 18.9 Å². The van der Waals surface area contributed by atoms with E-state index in [1.807, 2.05) is 6.07 Å². The van der Waals surface area contributed by atoms with Gasteiger partial charge < -0.3 is 14.5 Å². The number of hydrogen-bond acceptors (Lipinski definition) is 4. The maximum atomic E-state index is 11.0. The molecule has 1 aromatic carbocycles. The second-order valence-electron chi connectivity index (χ2n) is 5.51. The molecular formula is C14H22N3O4+. The van der Waals surface area contributed by atoms with Gasteiger partial charge in [0.05, 0.1) is 32.7 Å². The number of nitro benzene ring substituents is 1. The van der Waals surface area contributed by atoms with Gasteiger partial charge in [0, 0.05) is 24.6 Å². The maximum Gasteiger partial charge on any atom is 0.311 e. The molecule has 1 rings (SSSR count). The Balaban J connectivity index is 2.75. The second kappa shape index (κ2) is 7.58. The van der Waals surface area contributed by atoms with Crippen LogP contribution in [-0.4, -0.2) is 50.1 Å². The van der Waals surface area contributed by atoms with Gasteiger partial charge in [-0.05, 0) is 12.1 Å². The smallest absolute Gasteiger partial charge is 0.311 e. The van der Waals surface area contributed by atoms with Crippen molar-refractivity contribution in [2.75, 3.05) is 34.3 Å². The SMILES string of the molecule is COc1ccc(C[N+](C)(C)CCCNC=O)cc1[N+](=O)[O-]. The van der Waals surface area contributed by atoms with Gasteiger partial charge in [-0.25, -0.2) is 0 Å². The minimum Gasteiger partial charge on any atom is -0.490 e. The monoisotopic (exact) mass is 296 g/mol. The van der Waals surface area contributed by atoms with E-state index in [0.717, 1.165) is 18.5 Å². The lowest BCUT2D eigenvalue weighted by Gasteiger charge is -2.29. The number of ether oxygens (including phenoxy) is 1. The quantitative estimate of drug-likeness (QED) is 0.245. The Hall–Kier alpha value is -2.15. The predicted octanol–water partition coefficient (Wildman–Crippen LogP) is 1.32. The molecule has 0 aliphatic carbocycles. The Bertz CT molecular complexity index is 503. The van der Waals surface area contributed by atoms with Gasteiger partial charge >= 0.3 is 5.69 Å². The summed E-state index contributed by atoms with van der Waals surface area (Å²) in [6.45, 7) is 2.17. The van der Waals surface area contributed by atoms with Crippen LogP contribution in [0.1, 0.15) is 12.0 Å². The molecule has 0 aliphatic heterocycles. The fraction of sp³-hybridized carbons (Fsp3) is 0.500. The second-order valence-corrected chi connectivity index (χ2v) is 5.51. The molecule has 0 spiro atoms. The average molecular weight is 296 g/mol. The largest absolute Gasteiger partial charge is 0.490 e. The van der Waals surface area contributed by atoms with Gasteiger partial charge in [-0.1, -0.05) is 0 Å². The lowest BCUT2D eigenvalue weighted by atomic mass is 10.1. The van der Waals surface area contributed by atoms with E-state index in [9.17, 15) is 14.9 Å². The minimum atomic E-state index is -0.434. The molecule has 1 amide bonds. The lowest BCUT2D eigenvalue weighted by molar-refractivity contribution is -0.903. The van der Waals surface area contributed by atoms with Gasteiger partial charge in [-0.2, -0.15) is 0 Å². The third-order valence-corrected chi connectivity index (χ3v) is 3.22. The first-order valence-electron chi connectivity index (χ1n) is 6.70. The first-order chi connectivity index (χ1) is 9.89. The molecular weight excluding hydrogens is 274 g/mol. The Morgan fingerprint density at radius 3 is 2.71 bits per heavy atom. The van der Waals surface area contributed by atoms with Gasteiger partial charge in [0.25, 0.3) is 0 Å². The van der Waals surface area contributed by atoms with Crippen LogP contribution in [0.2, 0.25) is 0 Å². The van der Waals surface area contributed by atoms with E-state index >= 15 is 0 Å².